The molecule has 11 heteroatoms. The van der Waals surface area contributed by atoms with Crippen LogP contribution in [0.25, 0.3) is 22.0 Å². The van der Waals surface area contributed by atoms with Crippen molar-refractivity contribution in [1.29, 1.82) is 5.41 Å². The van der Waals surface area contributed by atoms with Gasteiger partial charge in [0.15, 0.2) is 5.96 Å². The van der Waals surface area contributed by atoms with Crippen LogP contribution in [-0.4, -0.2) is 42.8 Å². The highest BCUT2D eigenvalue weighted by Gasteiger charge is 2.27. The van der Waals surface area contributed by atoms with Gasteiger partial charge >= 0.3 is 0 Å². The van der Waals surface area contributed by atoms with E-state index in [-0.39, 0.29) is 35.6 Å². The molecule has 0 aliphatic carbocycles. The van der Waals surface area contributed by atoms with Crippen molar-refractivity contribution in [1.82, 2.24) is 9.47 Å². The van der Waals surface area contributed by atoms with Gasteiger partial charge in [-0.25, -0.2) is 8.42 Å². The number of benzene rings is 3. The molecule has 1 aliphatic rings. The third kappa shape index (κ3) is 6.66. The van der Waals surface area contributed by atoms with Crippen molar-refractivity contribution in [3.63, 3.8) is 0 Å². The molecule has 1 atom stereocenters. The molecule has 216 valence electrons. The fraction of sp³-hybridized carbons (Fsp3) is 0.267. The molecule has 1 aliphatic heterocycles. The first-order valence-corrected chi connectivity index (χ1v) is 14.9. The van der Waals surface area contributed by atoms with Crippen molar-refractivity contribution in [3.8, 4) is 11.1 Å². The minimum atomic E-state index is -3.96. The Bertz CT molecular complexity index is 1640. The number of piperidine rings is 1. The van der Waals surface area contributed by atoms with Gasteiger partial charge in [0.2, 0.25) is 5.91 Å². The Morgan fingerprint density at radius 3 is 2.29 bits per heavy atom. The Morgan fingerprint density at radius 1 is 0.951 bits per heavy atom. The molecule has 2 heterocycles. The molecule has 0 bridgehead atoms. The first kappa shape index (κ1) is 30.0. The molecule has 0 saturated carbocycles. The van der Waals surface area contributed by atoms with Crippen LogP contribution in [0.4, 0.5) is 5.82 Å². The fourth-order valence-electron chi connectivity index (χ4n) is 5.52. The quantitative estimate of drug-likeness (QED) is 0.166. The van der Waals surface area contributed by atoms with Crippen molar-refractivity contribution < 1.29 is 13.2 Å². The summed E-state index contributed by atoms with van der Waals surface area (Å²) in [7, 11) is -3.96. The average Bonchev–Trinajstić information content (AvgIpc) is 3.23. The normalized spacial score (nSPS) is 15.3. The maximum atomic E-state index is 13.7. The second-order valence-corrected chi connectivity index (χ2v) is 11.9. The van der Waals surface area contributed by atoms with E-state index in [9.17, 15) is 13.2 Å². The lowest BCUT2D eigenvalue weighted by Gasteiger charge is -2.33. The van der Waals surface area contributed by atoms with Gasteiger partial charge in [-0.3, -0.25) is 14.9 Å². The number of hydrogen-bond acceptors (Lipinski definition) is 4. The SMILES string of the molecule is Cl.N=C(N)N1CCC[C@@H](Cn2c(NS(=O)(=O)c3ccc(-c4ccccc4)cc3)c(CCC(N)=O)c3ccccc32)C1. The van der Waals surface area contributed by atoms with Gasteiger partial charge in [-0.05, 0) is 54.5 Å². The summed E-state index contributed by atoms with van der Waals surface area (Å²) in [6.45, 7) is 1.89. The fourth-order valence-corrected chi connectivity index (χ4v) is 6.62. The summed E-state index contributed by atoms with van der Waals surface area (Å²) in [5.74, 6) is 0.191. The van der Waals surface area contributed by atoms with E-state index in [1.165, 1.54) is 0 Å². The van der Waals surface area contributed by atoms with Gasteiger partial charge in [-0.2, -0.15) is 0 Å². The smallest absolute Gasteiger partial charge is 0.263 e. The molecule has 0 unspecified atom stereocenters. The molecule has 1 aromatic heterocycles. The van der Waals surface area contributed by atoms with E-state index in [4.69, 9.17) is 16.9 Å². The number of nitrogens with zero attached hydrogens (tertiary/aromatic N) is 2. The monoisotopic (exact) mass is 594 g/mol. The standard InChI is InChI=1S/C30H34N6O3S.ClH/c31-28(37)17-16-26-25-10-4-5-11-27(25)36(20-21-7-6-18-35(19-21)30(32)33)29(26)34-40(38,39)24-14-12-23(13-15-24)22-8-2-1-3-9-22;/h1-5,8-15,21,34H,6-7,16-20H2,(H2,31,37)(H3,32,33);1H/t21-;/m1./s1. The van der Waals surface area contributed by atoms with Crippen LogP contribution in [0.15, 0.2) is 83.8 Å². The van der Waals surface area contributed by atoms with Crippen LogP contribution in [0.5, 0.6) is 0 Å². The third-order valence-corrected chi connectivity index (χ3v) is 8.86. The lowest BCUT2D eigenvalue weighted by molar-refractivity contribution is -0.117. The Kier molecular flexibility index (Phi) is 9.25. The van der Waals surface area contributed by atoms with Crippen LogP contribution in [0.2, 0.25) is 0 Å². The molecular formula is C30H35ClN6O3S. The van der Waals surface area contributed by atoms with Crippen LogP contribution in [-0.2, 0) is 27.8 Å². The van der Waals surface area contributed by atoms with E-state index in [1.807, 2.05) is 64.1 Å². The summed E-state index contributed by atoms with van der Waals surface area (Å²) in [5, 5.41) is 8.75. The highest BCUT2D eigenvalue weighted by Crippen LogP contribution is 2.35. The van der Waals surface area contributed by atoms with Gasteiger partial charge in [0.05, 0.1) is 4.90 Å². The van der Waals surface area contributed by atoms with Gasteiger partial charge in [-0.1, -0.05) is 60.7 Å². The van der Waals surface area contributed by atoms with Crippen LogP contribution < -0.4 is 16.2 Å². The van der Waals surface area contributed by atoms with Crippen molar-refractivity contribution >= 4 is 51.0 Å². The summed E-state index contributed by atoms with van der Waals surface area (Å²) < 4.78 is 32.3. The maximum Gasteiger partial charge on any atom is 0.263 e. The number of amides is 1. The molecule has 41 heavy (non-hydrogen) atoms. The number of carbonyl (C=O) groups excluding carboxylic acids is 1. The van der Waals surface area contributed by atoms with Crippen molar-refractivity contribution in [2.45, 2.75) is 37.1 Å². The number of halogens is 1. The zero-order chi connectivity index (χ0) is 28.3. The van der Waals surface area contributed by atoms with E-state index in [0.717, 1.165) is 47.0 Å². The number of carbonyl (C=O) groups is 1. The topological polar surface area (TPSA) is 147 Å². The zero-order valence-corrected chi connectivity index (χ0v) is 24.3. The van der Waals surface area contributed by atoms with E-state index in [1.54, 1.807) is 24.3 Å². The van der Waals surface area contributed by atoms with Gasteiger partial charge in [0.1, 0.15) is 5.82 Å². The Hall–Kier alpha value is -4.02. The first-order chi connectivity index (χ1) is 19.2. The lowest BCUT2D eigenvalue weighted by Crippen LogP contribution is -2.44. The molecule has 0 radical (unpaired) electrons. The lowest BCUT2D eigenvalue weighted by atomic mass is 9.98. The minimum absolute atomic E-state index is 0. The number of anilines is 1. The van der Waals surface area contributed by atoms with Gasteiger partial charge < -0.3 is 20.9 Å². The summed E-state index contributed by atoms with van der Waals surface area (Å²) in [5.41, 5.74) is 14.8. The molecular weight excluding hydrogens is 560 g/mol. The number of aryl methyl sites for hydroxylation is 1. The highest BCUT2D eigenvalue weighted by molar-refractivity contribution is 7.92. The number of para-hydroxylation sites is 1. The summed E-state index contributed by atoms with van der Waals surface area (Å²) in [4.78, 5) is 13.7. The number of primary amides is 1. The molecule has 6 N–H and O–H groups in total. The Balaban J connectivity index is 0.00000387. The molecule has 5 rings (SSSR count). The number of sulfonamides is 1. The predicted molar refractivity (Wildman–Crippen MR) is 166 cm³/mol. The number of likely N-dealkylation sites (tertiary alicyclic amines) is 1. The highest BCUT2D eigenvalue weighted by atomic mass is 35.5. The van der Waals surface area contributed by atoms with E-state index in [0.29, 0.717) is 25.3 Å². The van der Waals surface area contributed by atoms with Crippen molar-refractivity contribution in [2.75, 3.05) is 17.8 Å². The molecule has 3 aromatic carbocycles. The van der Waals surface area contributed by atoms with Crippen LogP contribution in [0.1, 0.15) is 24.8 Å². The molecule has 1 amide bonds. The number of fused-ring (bicyclic) bond motifs is 1. The van der Waals surface area contributed by atoms with E-state index in [2.05, 4.69) is 4.72 Å². The third-order valence-electron chi connectivity index (χ3n) is 7.50. The maximum absolute atomic E-state index is 13.7. The van der Waals surface area contributed by atoms with Gasteiger partial charge in [0, 0.05) is 42.5 Å². The molecule has 4 aromatic rings. The van der Waals surface area contributed by atoms with Crippen molar-refractivity contribution in [2.24, 2.45) is 17.4 Å². The number of rotatable bonds is 9. The summed E-state index contributed by atoms with van der Waals surface area (Å²) in [6, 6.07) is 24.3. The Morgan fingerprint density at radius 2 is 1.61 bits per heavy atom. The van der Waals surface area contributed by atoms with Gasteiger partial charge in [0.25, 0.3) is 10.0 Å². The number of nitrogens with one attached hydrogen (secondary N) is 2. The van der Waals surface area contributed by atoms with Crippen LogP contribution in [0.3, 0.4) is 0 Å². The molecule has 1 fully saturated rings. The number of nitrogens with two attached hydrogens (primary N) is 2. The van der Waals surface area contributed by atoms with Crippen LogP contribution in [0, 0.1) is 11.3 Å². The summed E-state index contributed by atoms with van der Waals surface area (Å²) in [6.07, 6.45) is 2.22. The average molecular weight is 595 g/mol. The molecule has 0 spiro atoms. The Labute approximate surface area is 246 Å². The molecule has 1 saturated heterocycles. The van der Waals surface area contributed by atoms with Gasteiger partial charge in [-0.15, -0.1) is 12.4 Å². The molecule has 9 nitrogen and oxygen atoms in total. The van der Waals surface area contributed by atoms with Crippen molar-refractivity contribution in [3.05, 3.63) is 84.4 Å². The predicted octanol–water partition coefficient (Wildman–Crippen LogP) is 4.55. The minimum Gasteiger partial charge on any atom is -0.370 e. The largest absolute Gasteiger partial charge is 0.370 e. The van der Waals surface area contributed by atoms with E-state index >= 15 is 0 Å². The van der Waals surface area contributed by atoms with Crippen LogP contribution >= 0.6 is 12.4 Å². The number of hydrogen-bond donors (Lipinski definition) is 4. The number of guanidine groups is 1. The summed E-state index contributed by atoms with van der Waals surface area (Å²) >= 11 is 0. The second kappa shape index (κ2) is 12.7. The van der Waals surface area contributed by atoms with E-state index < -0.39 is 15.9 Å². The first-order valence-electron chi connectivity index (χ1n) is 13.4. The number of aromatic nitrogens is 1. The zero-order valence-electron chi connectivity index (χ0n) is 22.6. The second-order valence-electron chi connectivity index (χ2n) is 10.3.